The number of aliphatic carboxylic acids is 2. The molecule has 1 atom stereocenters. The molecule has 3 N–H and O–H groups in total. The van der Waals surface area contributed by atoms with Crippen molar-refractivity contribution < 1.29 is 53.1 Å². The highest BCUT2D eigenvalue weighted by atomic mass is 16.5. The van der Waals surface area contributed by atoms with Crippen LogP contribution in [0.15, 0.2) is 36.1 Å². The first kappa shape index (κ1) is 25.9. The van der Waals surface area contributed by atoms with E-state index in [9.17, 15) is 19.2 Å². The van der Waals surface area contributed by atoms with Crippen LogP contribution in [0.2, 0.25) is 0 Å². The van der Waals surface area contributed by atoms with Gasteiger partial charge in [0.25, 0.3) is 5.91 Å². The normalized spacial score (nSPS) is 13.9. The molecule has 0 aromatic heterocycles. The van der Waals surface area contributed by atoms with Crippen LogP contribution >= 0.6 is 0 Å². The van der Waals surface area contributed by atoms with Gasteiger partial charge in [-0.25, -0.2) is 4.79 Å². The molecule has 0 saturated carbocycles. The monoisotopic (exact) mass is 501 g/mol. The molecule has 0 saturated heterocycles. The number of amides is 1. The molecule has 0 radical (unpaired) electrons. The van der Waals surface area contributed by atoms with Crippen LogP contribution in [0.3, 0.4) is 0 Å². The Labute approximate surface area is 205 Å². The first-order chi connectivity index (χ1) is 17.2. The zero-order valence-corrected chi connectivity index (χ0v) is 19.5. The average Bonchev–Trinajstić information content (AvgIpc) is 3.15. The highest BCUT2D eigenvalue weighted by molar-refractivity contribution is 6.14. The molecule has 36 heavy (non-hydrogen) atoms. The number of nitrogens with one attached hydrogen (secondary N) is 1. The highest BCUT2D eigenvalue weighted by Crippen LogP contribution is 2.39. The van der Waals surface area contributed by atoms with Gasteiger partial charge in [0.2, 0.25) is 5.78 Å². The number of ether oxygens (including phenoxy) is 5. The summed E-state index contributed by atoms with van der Waals surface area (Å²) in [5, 5.41) is 19.8. The van der Waals surface area contributed by atoms with Crippen molar-refractivity contribution in [2.24, 2.45) is 0 Å². The van der Waals surface area contributed by atoms with Crippen LogP contribution in [0.1, 0.15) is 22.3 Å². The van der Waals surface area contributed by atoms with Gasteiger partial charge in [-0.3, -0.25) is 14.4 Å². The summed E-state index contributed by atoms with van der Waals surface area (Å²) in [7, 11) is 4.43. The van der Waals surface area contributed by atoms with E-state index in [4.69, 9.17) is 33.9 Å². The number of carbonyl (C=O) groups excluding carboxylic acids is 2. The molecule has 2 aromatic rings. The van der Waals surface area contributed by atoms with Gasteiger partial charge in [-0.2, -0.15) is 0 Å². The van der Waals surface area contributed by atoms with Gasteiger partial charge in [-0.05, 0) is 24.3 Å². The Morgan fingerprint density at radius 2 is 1.67 bits per heavy atom. The van der Waals surface area contributed by atoms with Crippen molar-refractivity contribution in [2.45, 2.75) is 12.5 Å². The first-order valence-corrected chi connectivity index (χ1v) is 10.4. The van der Waals surface area contributed by atoms with Crippen LogP contribution in [0, 0.1) is 0 Å². The van der Waals surface area contributed by atoms with E-state index >= 15 is 0 Å². The van der Waals surface area contributed by atoms with Gasteiger partial charge in [0.1, 0.15) is 23.3 Å². The van der Waals surface area contributed by atoms with E-state index in [0.29, 0.717) is 22.8 Å². The minimum absolute atomic E-state index is 0.0170. The molecule has 3 rings (SSSR count). The smallest absolute Gasteiger partial charge is 0.326 e. The molecule has 190 valence electrons. The number of ketones is 1. The maximum absolute atomic E-state index is 12.8. The number of benzene rings is 2. The lowest BCUT2D eigenvalue weighted by Gasteiger charge is -2.13. The van der Waals surface area contributed by atoms with E-state index in [1.165, 1.54) is 45.6 Å². The molecule has 0 unspecified atom stereocenters. The number of hydrogen-bond acceptors (Lipinski definition) is 9. The quantitative estimate of drug-likeness (QED) is 0.384. The molecule has 12 nitrogen and oxygen atoms in total. The van der Waals surface area contributed by atoms with E-state index in [1.54, 1.807) is 12.1 Å². The molecule has 1 heterocycles. The Hall–Kier alpha value is -4.74. The lowest BCUT2D eigenvalue weighted by atomic mass is 10.1. The predicted octanol–water partition coefficient (Wildman–Crippen LogP) is 1.75. The second kappa shape index (κ2) is 11.1. The summed E-state index contributed by atoms with van der Waals surface area (Å²) in [5.74, 6) is -2.40. The fourth-order valence-corrected chi connectivity index (χ4v) is 3.32. The van der Waals surface area contributed by atoms with Crippen molar-refractivity contribution >= 4 is 29.7 Å². The second-order valence-corrected chi connectivity index (χ2v) is 7.39. The fraction of sp³-hybridized carbons (Fsp3) is 0.250. The maximum Gasteiger partial charge on any atom is 0.326 e. The van der Waals surface area contributed by atoms with E-state index in [1.807, 2.05) is 0 Å². The lowest BCUT2D eigenvalue weighted by molar-refractivity contribution is -0.147. The van der Waals surface area contributed by atoms with Crippen molar-refractivity contribution in [1.82, 2.24) is 5.32 Å². The topological polar surface area (TPSA) is 167 Å². The van der Waals surface area contributed by atoms with Crippen molar-refractivity contribution in [2.75, 3.05) is 27.9 Å². The number of fused-ring (bicyclic) bond motifs is 1. The third-order valence-corrected chi connectivity index (χ3v) is 5.05. The molecular weight excluding hydrogens is 478 g/mol. The Morgan fingerprint density at radius 1 is 1.00 bits per heavy atom. The maximum atomic E-state index is 12.8. The van der Waals surface area contributed by atoms with Crippen LogP contribution in [-0.4, -0.2) is 67.8 Å². The molecule has 1 aliphatic heterocycles. The third kappa shape index (κ3) is 5.84. The van der Waals surface area contributed by atoms with Gasteiger partial charge in [0, 0.05) is 17.7 Å². The fourth-order valence-electron chi connectivity index (χ4n) is 3.32. The number of hydrogen-bond donors (Lipinski definition) is 3. The predicted molar refractivity (Wildman–Crippen MR) is 123 cm³/mol. The molecule has 2 aromatic carbocycles. The van der Waals surface area contributed by atoms with Gasteiger partial charge in [-0.1, -0.05) is 0 Å². The lowest BCUT2D eigenvalue weighted by Crippen LogP contribution is -2.44. The molecule has 1 amide bonds. The molecule has 12 heteroatoms. The summed E-state index contributed by atoms with van der Waals surface area (Å²) in [6.07, 6.45) is 0.710. The zero-order chi connectivity index (χ0) is 26.4. The number of carbonyl (C=O) groups is 4. The molecule has 0 bridgehead atoms. The zero-order valence-electron chi connectivity index (χ0n) is 19.5. The van der Waals surface area contributed by atoms with E-state index < -0.39 is 36.9 Å². The largest absolute Gasteiger partial charge is 0.496 e. The standard InChI is InChI=1S/C24H23NO11/c1-32-16-10-19(34-3)18(33-2)6-12(16)7-20-23(29)14-5-4-13(8-17(14)36-20)35-11-21(26)25-15(24(30)31)9-22(27)28/h4-8,10,15H,9,11H2,1-3H3,(H,25,26)(H,27,28)(H,30,31)/t15-/m0/s1. The number of carboxylic acid groups (broad SMARTS) is 2. The summed E-state index contributed by atoms with van der Waals surface area (Å²) in [4.78, 5) is 46.6. The van der Waals surface area contributed by atoms with E-state index in [0.717, 1.165) is 0 Å². The van der Waals surface area contributed by atoms with E-state index in [2.05, 4.69) is 5.32 Å². The summed E-state index contributed by atoms with van der Waals surface area (Å²) >= 11 is 0. The Balaban J connectivity index is 1.74. The first-order valence-electron chi connectivity index (χ1n) is 10.4. The van der Waals surface area contributed by atoms with Crippen molar-refractivity contribution in [1.29, 1.82) is 0 Å². The van der Waals surface area contributed by atoms with Gasteiger partial charge >= 0.3 is 11.9 Å². The number of allylic oxidation sites excluding steroid dienone is 1. The Bertz CT molecular complexity index is 1230. The van der Waals surface area contributed by atoms with Crippen molar-refractivity contribution in [3.8, 4) is 28.7 Å². The minimum Gasteiger partial charge on any atom is -0.496 e. The second-order valence-electron chi connectivity index (χ2n) is 7.39. The number of carboxylic acids is 2. The summed E-state index contributed by atoms with van der Waals surface area (Å²) < 4.78 is 27.0. The molecule has 0 fully saturated rings. The van der Waals surface area contributed by atoms with Crippen molar-refractivity contribution in [3.05, 3.63) is 47.2 Å². The van der Waals surface area contributed by atoms with E-state index in [-0.39, 0.29) is 28.6 Å². The molecule has 0 aliphatic carbocycles. The SMILES string of the molecule is COc1cc(OC)c(OC)cc1C=C1Oc2cc(OCC(=O)N[C@@H](CC(=O)O)C(=O)O)ccc2C1=O. The van der Waals surface area contributed by atoms with Crippen LogP contribution in [0.4, 0.5) is 0 Å². The van der Waals surface area contributed by atoms with Crippen LogP contribution < -0.4 is 29.0 Å². The Morgan fingerprint density at radius 3 is 2.28 bits per heavy atom. The molecule has 1 aliphatic rings. The Kier molecular flexibility index (Phi) is 8.00. The van der Waals surface area contributed by atoms with Gasteiger partial charge < -0.3 is 39.2 Å². The van der Waals surface area contributed by atoms with Crippen LogP contribution in [0.5, 0.6) is 28.7 Å². The minimum atomic E-state index is -1.60. The van der Waals surface area contributed by atoms with Gasteiger partial charge in [-0.15, -0.1) is 0 Å². The van der Waals surface area contributed by atoms with Gasteiger partial charge in [0.15, 0.2) is 23.9 Å². The average molecular weight is 501 g/mol. The highest BCUT2D eigenvalue weighted by Gasteiger charge is 2.29. The summed E-state index contributed by atoms with van der Waals surface area (Å²) in [6.45, 7) is -0.582. The number of rotatable bonds is 11. The number of Topliss-reactive ketones (excluding diaryl/α,β-unsaturated/α-hetero) is 1. The molecular formula is C24H23NO11. The molecule has 0 spiro atoms. The summed E-state index contributed by atoms with van der Waals surface area (Å²) in [6, 6.07) is 5.95. The van der Waals surface area contributed by atoms with Crippen molar-refractivity contribution in [3.63, 3.8) is 0 Å². The number of methoxy groups -OCH3 is 3. The van der Waals surface area contributed by atoms with Gasteiger partial charge in [0.05, 0.1) is 33.3 Å². The third-order valence-electron chi connectivity index (χ3n) is 5.05. The van der Waals surface area contributed by atoms with Crippen LogP contribution in [-0.2, 0) is 14.4 Å². The van der Waals surface area contributed by atoms with Crippen LogP contribution in [0.25, 0.3) is 6.08 Å². The summed E-state index contributed by atoms with van der Waals surface area (Å²) in [5.41, 5.74) is 0.777.